The van der Waals surface area contributed by atoms with Crippen LogP contribution in [0.15, 0.2) is 109 Å². The molecule has 5 rings (SSSR count). The van der Waals surface area contributed by atoms with Gasteiger partial charge < -0.3 is 19.8 Å². The van der Waals surface area contributed by atoms with Crippen LogP contribution in [0, 0.1) is 5.82 Å². The molecule has 0 saturated carbocycles. The van der Waals surface area contributed by atoms with Crippen LogP contribution in [0.4, 0.5) is 15.9 Å². The molecule has 2 aromatic heterocycles. The fraction of sp³-hybridized carbons (Fsp3) is 0.100. The molecule has 0 bridgehead atoms. The Bertz CT molecular complexity index is 1550. The number of nitrogens with one attached hydrogen (secondary N) is 2. The van der Waals surface area contributed by atoms with Crippen LogP contribution in [0.1, 0.15) is 17.2 Å². The molecule has 190 valence electrons. The largest absolute Gasteiger partial charge is 0.445 e. The van der Waals surface area contributed by atoms with Crippen LogP contribution in [-0.4, -0.2) is 22.5 Å². The smallest absolute Gasteiger partial charge is 0.247 e. The molecule has 0 saturated heterocycles. The molecule has 1 amide bonds. The van der Waals surface area contributed by atoms with Gasteiger partial charge in [-0.3, -0.25) is 4.79 Å². The molecule has 0 radical (unpaired) electrons. The second kappa shape index (κ2) is 11.5. The lowest BCUT2D eigenvalue weighted by molar-refractivity contribution is -0.111. The first-order chi connectivity index (χ1) is 18.6. The Hall–Kier alpha value is -4.82. The van der Waals surface area contributed by atoms with Crippen LogP contribution in [-0.2, 0) is 16.1 Å². The highest BCUT2D eigenvalue weighted by atomic mass is 19.1. The number of fused-ring (bicyclic) bond motifs is 1. The number of hydrogen-bond donors (Lipinski definition) is 2. The Kier molecular flexibility index (Phi) is 7.52. The van der Waals surface area contributed by atoms with Crippen molar-refractivity contribution in [2.75, 3.05) is 17.2 Å². The zero-order valence-corrected chi connectivity index (χ0v) is 20.4. The lowest BCUT2D eigenvalue weighted by Gasteiger charge is -2.20. The third-order valence-corrected chi connectivity index (χ3v) is 5.97. The van der Waals surface area contributed by atoms with Crippen LogP contribution in [0.2, 0.25) is 0 Å². The molecule has 2 heterocycles. The summed E-state index contributed by atoms with van der Waals surface area (Å²) in [6.07, 6.45) is 4.30. The summed E-state index contributed by atoms with van der Waals surface area (Å²) in [6, 6.07) is 23.4. The highest BCUT2D eigenvalue weighted by Crippen LogP contribution is 2.35. The number of carbonyl (C=O) groups excluding carboxylic acids is 1. The second-order valence-corrected chi connectivity index (χ2v) is 8.58. The SMILES string of the molecule is C=CC(=O)Nc1ccc(-c2coc3ncnc(NC(COCc4cccc(F)c4)c4ccccc4)c23)cc1. The fourth-order valence-electron chi connectivity index (χ4n) is 4.12. The van der Waals surface area contributed by atoms with Gasteiger partial charge in [0.25, 0.3) is 0 Å². The Morgan fingerprint density at radius 2 is 1.87 bits per heavy atom. The van der Waals surface area contributed by atoms with E-state index in [9.17, 15) is 9.18 Å². The molecule has 1 atom stereocenters. The minimum absolute atomic E-state index is 0.248. The zero-order chi connectivity index (χ0) is 26.3. The lowest BCUT2D eigenvalue weighted by Crippen LogP contribution is -2.18. The summed E-state index contributed by atoms with van der Waals surface area (Å²) in [6.45, 7) is 4.06. The van der Waals surface area contributed by atoms with Crippen LogP contribution in [0.5, 0.6) is 0 Å². The predicted octanol–water partition coefficient (Wildman–Crippen LogP) is 6.52. The van der Waals surface area contributed by atoms with Gasteiger partial charge in [0.15, 0.2) is 0 Å². The van der Waals surface area contributed by atoms with Crippen molar-refractivity contribution in [3.8, 4) is 11.1 Å². The Balaban J connectivity index is 1.42. The minimum Gasteiger partial charge on any atom is -0.445 e. The number of nitrogens with zero attached hydrogens (tertiary/aromatic N) is 2. The van der Waals surface area contributed by atoms with Crippen molar-refractivity contribution in [3.63, 3.8) is 0 Å². The van der Waals surface area contributed by atoms with Crippen molar-refractivity contribution in [1.82, 2.24) is 9.97 Å². The van der Waals surface area contributed by atoms with E-state index in [1.807, 2.05) is 48.5 Å². The van der Waals surface area contributed by atoms with Gasteiger partial charge in [-0.25, -0.2) is 14.4 Å². The van der Waals surface area contributed by atoms with E-state index in [2.05, 4.69) is 27.2 Å². The van der Waals surface area contributed by atoms with E-state index in [1.165, 1.54) is 24.5 Å². The molecule has 0 aliphatic heterocycles. The Labute approximate surface area is 219 Å². The molecule has 5 aromatic rings. The number of rotatable bonds is 10. The van der Waals surface area contributed by atoms with E-state index < -0.39 is 0 Å². The molecule has 0 fully saturated rings. The standard InChI is InChI=1S/C30H25FN4O3/c1-2-27(36)34-24-13-11-21(12-14-24)25-17-38-30-28(25)29(32-19-33-30)35-26(22-8-4-3-5-9-22)18-37-16-20-7-6-10-23(31)15-20/h2-15,17,19,26H,1,16,18H2,(H,34,36)(H,32,33,35). The average Bonchev–Trinajstić information content (AvgIpc) is 3.38. The highest BCUT2D eigenvalue weighted by molar-refractivity contribution is 6.01. The van der Waals surface area contributed by atoms with Crippen molar-refractivity contribution in [3.05, 3.63) is 121 Å². The van der Waals surface area contributed by atoms with E-state index in [1.54, 1.807) is 24.5 Å². The molecule has 38 heavy (non-hydrogen) atoms. The van der Waals surface area contributed by atoms with Crippen molar-refractivity contribution >= 4 is 28.5 Å². The molecule has 0 aliphatic rings. The molecule has 1 unspecified atom stereocenters. The highest BCUT2D eigenvalue weighted by Gasteiger charge is 2.19. The van der Waals surface area contributed by atoms with Gasteiger partial charge in [0, 0.05) is 11.3 Å². The number of ether oxygens (including phenoxy) is 1. The average molecular weight is 509 g/mol. The predicted molar refractivity (Wildman–Crippen MR) is 145 cm³/mol. The zero-order valence-electron chi connectivity index (χ0n) is 20.4. The van der Waals surface area contributed by atoms with Crippen molar-refractivity contribution in [2.45, 2.75) is 12.6 Å². The van der Waals surface area contributed by atoms with Gasteiger partial charge in [0.2, 0.25) is 11.6 Å². The molecule has 2 N–H and O–H groups in total. The third-order valence-electron chi connectivity index (χ3n) is 5.97. The summed E-state index contributed by atoms with van der Waals surface area (Å²) >= 11 is 0. The van der Waals surface area contributed by atoms with Gasteiger partial charge in [-0.05, 0) is 47.0 Å². The first-order valence-electron chi connectivity index (χ1n) is 12.0. The van der Waals surface area contributed by atoms with Gasteiger partial charge in [-0.1, -0.05) is 61.2 Å². The van der Waals surface area contributed by atoms with E-state index in [-0.39, 0.29) is 24.4 Å². The molecular weight excluding hydrogens is 483 g/mol. The van der Waals surface area contributed by atoms with Gasteiger partial charge in [0.05, 0.1) is 24.6 Å². The first-order valence-corrected chi connectivity index (χ1v) is 12.0. The molecule has 7 nitrogen and oxygen atoms in total. The van der Waals surface area contributed by atoms with E-state index >= 15 is 0 Å². The number of benzene rings is 3. The number of amides is 1. The summed E-state index contributed by atoms with van der Waals surface area (Å²) in [5, 5.41) is 6.96. The number of carbonyl (C=O) groups is 1. The van der Waals surface area contributed by atoms with Crippen molar-refractivity contribution in [1.29, 1.82) is 0 Å². The summed E-state index contributed by atoms with van der Waals surface area (Å²) in [5.41, 5.74) is 4.53. The molecule has 3 aromatic carbocycles. The van der Waals surface area contributed by atoms with Crippen molar-refractivity contribution in [2.24, 2.45) is 0 Å². The summed E-state index contributed by atoms with van der Waals surface area (Å²) in [5.74, 6) is 0.0137. The van der Waals surface area contributed by atoms with Gasteiger partial charge in [-0.15, -0.1) is 0 Å². The molecule has 8 heteroatoms. The Morgan fingerprint density at radius 1 is 1.05 bits per heavy atom. The minimum atomic E-state index is -0.296. The lowest BCUT2D eigenvalue weighted by atomic mass is 10.0. The summed E-state index contributed by atoms with van der Waals surface area (Å²) < 4.78 is 25.3. The molecule has 0 spiro atoms. The van der Waals surface area contributed by atoms with Crippen LogP contribution < -0.4 is 10.6 Å². The maximum Gasteiger partial charge on any atom is 0.247 e. The monoisotopic (exact) mass is 508 g/mol. The van der Waals surface area contributed by atoms with E-state index in [0.717, 1.165) is 27.6 Å². The van der Waals surface area contributed by atoms with Crippen LogP contribution in [0.3, 0.4) is 0 Å². The molecule has 0 aliphatic carbocycles. The quantitative estimate of drug-likeness (QED) is 0.209. The number of anilines is 2. The summed E-state index contributed by atoms with van der Waals surface area (Å²) in [4.78, 5) is 20.4. The maximum absolute atomic E-state index is 13.6. The number of aromatic nitrogens is 2. The Morgan fingerprint density at radius 3 is 2.63 bits per heavy atom. The topological polar surface area (TPSA) is 89.3 Å². The second-order valence-electron chi connectivity index (χ2n) is 8.58. The number of furan rings is 1. The van der Waals surface area contributed by atoms with Crippen molar-refractivity contribution < 1.29 is 18.3 Å². The number of hydrogen-bond acceptors (Lipinski definition) is 6. The number of halogens is 1. The fourth-order valence-corrected chi connectivity index (χ4v) is 4.12. The van der Waals surface area contributed by atoms with Gasteiger partial charge in [0.1, 0.15) is 24.2 Å². The first kappa shape index (κ1) is 24.9. The van der Waals surface area contributed by atoms with Gasteiger partial charge >= 0.3 is 0 Å². The molecular formula is C30H25FN4O3. The maximum atomic E-state index is 13.6. The normalized spacial score (nSPS) is 11.7. The van der Waals surface area contributed by atoms with Gasteiger partial charge in [-0.2, -0.15) is 0 Å². The summed E-state index contributed by atoms with van der Waals surface area (Å²) in [7, 11) is 0. The van der Waals surface area contributed by atoms with E-state index in [0.29, 0.717) is 23.8 Å². The third kappa shape index (κ3) is 5.77. The van der Waals surface area contributed by atoms with Crippen LogP contribution >= 0.6 is 0 Å². The van der Waals surface area contributed by atoms with E-state index in [4.69, 9.17) is 9.15 Å². The van der Waals surface area contributed by atoms with Crippen LogP contribution in [0.25, 0.3) is 22.2 Å².